The van der Waals surface area contributed by atoms with E-state index >= 15 is 0 Å². The molecule has 5 heteroatoms. The van der Waals surface area contributed by atoms with Crippen molar-refractivity contribution in [3.63, 3.8) is 0 Å². The minimum Gasteiger partial charge on any atom is -0.438 e. The Bertz CT molecular complexity index is 449. The van der Waals surface area contributed by atoms with Gasteiger partial charge in [-0.2, -0.15) is 0 Å². The molecule has 0 fully saturated rings. The summed E-state index contributed by atoms with van der Waals surface area (Å²) in [7, 11) is 0. The number of thiophene rings is 1. The van der Waals surface area contributed by atoms with E-state index in [1.165, 1.54) is 0 Å². The molecule has 0 bridgehead atoms. The maximum absolute atomic E-state index is 6.09. The molecule has 0 saturated carbocycles. The molecule has 0 amide bonds. The van der Waals surface area contributed by atoms with E-state index in [-0.39, 0.29) is 0 Å². The van der Waals surface area contributed by atoms with Gasteiger partial charge in [-0.15, -0.1) is 11.3 Å². The maximum atomic E-state index is 6.09. The standard InChI is InChI=1S/C9H9ClN2OS/c1-5-4-14-9(8(5)10)6-3-12-7(2-11)13-6/h3-4H,2,11H2,1H3. The minimum atomic E-state index is 0.308. The molecule has 14 heavy (non-hydrogen) atoms. The average Bonchev–Trinajstić information content (AvgIpc) is 2.75. The molecule has 0 aliphatic heterocycles. The highest BCUT2D eigenvalue weighted by molar-refractivity contribution is 7.14. The zero-order chi connectivity index (χ0) is 10.1. The van der Waals surface area contributed by atoms with Crippen LogP contribution in [0.1, 0.15) is 11.5 Å². The molecule has 0 spiro atoms. The lowest BCUT2D eigenvalue weighted by atomic mass is 10.3. The Hall–Kier alpha value is -0.840. The smallest absolute Gasteiger partial charge is 0.208 e. The van der Waals surface area contributed by atoms with Gasteiger partial charge < -0.3 is 10.2 Å². The molecular weight excluding hydrogens is 220 g/mol. The average molecular weight is 229 g/mol. The fourth-order valence-electron chi connectivity index (χ4n) is 1.11. The lowest BCUT2D eigenvalue weighted by molar-refractivity contribution is 0.510. The van der Waals surface area contributed by atoms with Crippen molar-refractivity contribution in [3.8, 4) is 10.6 Å². The summed E-state index contributed by atoms with van der Waals surface area (Å²) in [4.78, 5) is 4.93. The number of nitrogens with zero attached hydrogens (tertiary/aromatic N) is 1. The van der Waals surface area contributed by atoms with E-state index < -0.39 is 0 Å². The summed E-state index contributed by atoms with van der Waals surface area (Å²) in [6.07, 6.45) is 1.65. The third-order valence-electron chi connectivity index (χ3n) is 1.85. The monoisotopic (exact) mass is 228 g/mol. The van der Waals surface area contributed by atoms with Gasteiger partial charge >= 0.3 is 0 Å². The number of hydrogen-bond donors (Lipinski definition) is 1. The largest absolute Gasteiger partial charge is 0.438 e. The van der Waals surface area contributed by atoms with Crippen LogP contribution in [0, 0.1) is 6.92 Å². The Morgan fingerprint density at radius 2 is 2.43 bits per heavy atom. The van der Waals surface area contributed by atoms with E-state index in [0.717, 1.165) is 15.5 Å². The Kier molecular flexibility index (Phi) is 2.58. The predicted molar refractivity (Wildman–Crippen MR) is 57.5 cm³/mol. The van der Waals surface area contributed by atoms with E-state index in [9.17, 15) is 0 Å². The van der Waals surface area contributed by atoms with Crippen LogP contribution >= 0.6 is 22.9 Å². The van der Waals surface area contributed by atoms with Gasteiger partial charge in [0.2, 0.25) is 5.89 Å². The lowest BCUT2D eigenvalue weighted by Crippen LogP contribution is -1.94. The van der Waals surface area contributed by atoms with E-state index in [2.05, 4.69) is 4.98 Å². The SMILES string of the molecule is Cc1csc(-c2cnc(CN)o2)c1Cl. The molecule has 2 aromatic heterocycles. The van der Waals surface area contributed by atoms with Crippen LogP contribution in [0.5, 0.6) is 0 Å². The minimum absolute atomic E-state index is 0.308. The number of halogens is 1. The Labute approximate surface area is 90.5 Å². The highest BCUT2D eigenvalue weighted by Crippen LogP contribution is 2.36. The van der Waals surface area contributed by atoms with Crippen molar-refractivity contribution in [2.24, 2.45) is 5.73 Å². The molecule has 2 N–H and O–H groups in total. The summed E-state index contributed by atoms with van der Waals surface area (Å²) in [6, 6.07) is 0. The zero-order valence-electron chi connectivity index (χ0n) is 7.58. The lowest BCUT2D eigenvalue weighted by Gasteiger charge is -1.92. The fourth-order valence-corrected chi connectivity index (χ4v) is 2.34. The summed E-state index contributed by atoms with van der Waals surface area (Å²) < 4.78 is 5.40. The Morgan fingerprint density at radius 1 is 1.64 bits per heavy atom. The van der Waals surface area contributed by atoms with Crippen LogP contribution in [0.3, 0.4) is 0 Å². The quantitative estimate of drug-likeness (QED) is 0.860. The van der Waals surface area contributed by atoms with Crippen LogP contribution in [-0.4, -0.2) is 4.98 Å². The second-order valence-electron chi connectivity index (χ2n) is 2.88. The number of aryl methyl sites for hydroxylation is 1. The highest BCUT2D eigenvalue weighted by Gasteiger charge is 2.12. The maximum Gasteiger partial charge on any atom is 0.208 e. The summed E-state index contributed by atoms with van der Waals surface area (Å²) in [5.74, 6) is 1.22. The Balaban J connectivity index is 2.44. The second kappa shape index (κ2) is 3.73. The van der Waals surface area contributed by atoms with Crippen molar-refractivity contribution in [3.05, 3.63) is 28.1 Å². The van der Waals surface area contributed by atoms with Crippen LogP contribution in [0.15, 0.2) is 16.0 Å². The first-order chi connectivity index (χ1) is 6.72. The van der Waals surface area contributed by atoms with Crippen LogP contribution in [-0.2, 0) is 6.54 Å². The molecular formula is C9H9ClN2OS. The van der Waals surface area contributed by atoms with Crippen LogP contribution in [0.25, 0.3) is 10.6 Å². The molecule has 74 valence electrons. The molecule has 2 aromatic rings. The Morgan fingerprint density at radius 3 is 2.93 bits per heavy atom. The number of oxazole rings is 1. The number of rotatable bonds is 2. The summed E-state index contributed by atoms with van der Waals surface area (Å²) >= 11 is 7.63. The van der Waals surface area contributed by atoms with Gasteiger partial charge in [-0.3, -0.25) is 0 Å². The molecule has 0 saturated heterocycles. The number of aromatic nitrogens is 1. The molecule has 0 unspecified atom stereocenters. The third-order valence-corrected chi connectivity index (χ3v) is 3.56. The van der Waals surface area contributed by atoms with E-state index in [0.29, 0.717) is 18.2 Å². The van der Waals surface area contributed by atoms with Gasteiger partial charge in [0.1, 0.15) is 0 Å². The highest BCUT2D eigenvalue weighted by atomic mass is 35.5. The normalized spacial score (nSPS) is 10.8. The molecule has 0 radical (unpaired) electrons. The van der Waals surface area contributed by atoms with Crippen molar-refractivity contribution >= 4 is 22.9 Å². The molecule has 2 heterocycles. The first-order valence-electron chi connectivity index (χ1n) is 4.11. The van der Waals surface area contributed by atoms with E-state index in [1.54, 1.807) is 17.5 Å². The zero-order valence-corrected chi connectivity index (χ0v) is 9.15. The number of nitrogens with two attached hydrogens (primary N) is 1. The van der Waals surface area contributed by atoms with Crippen LogP contribution in [0.4, 0.5) is 0 Å². The van der Waals surface area contributed by atoms with Gasteiger partial charge in [0.25, 0.3) is 0 Å². The summed E-state index contributed by atoms with van der Waals surface area (Å²) in [5, 5.41) is 2.72. The molecule has 0 aliphatic rings. The first-order valence-corrected chi connectivity index (χ1v) is 5.37. The first kappa shape index (κ1) is 9.71. The van der Waals surface area contributed by atoms with E-state index in [4.69, 9.17) is 21.8 Å². The van der Waals surface area contributed by atoms with Crippen molar-refractivity contribution < 1.29 is 4.42 Å². The fraction of sp³-hybridized carbons (Fsp3) is 0.222. The van der Waals surface area contributed by atoms with Gasteiger partial charge in [0.15, 0.2) is 5.76 Å². The van der Waals surface area contributed by atoms with Gasteiger partial charge in [-0.25, -0.2) is 4.98 Å². The predicted octanol–water partition coefficient (Wildman–Crippen LogP) is 2.82. The van der Waals surface area contributed by atoms with Gasteiger partial charge in [-0.05, 0) is 17.9 Å². The summed E-state index contributed by atoms with van der Waals surface area (Å²) in [6.45, 7) is 2.27. The van der Waals surface area contributed by atoms with Gasteiger partial charge in [-0.1, -0.05) is 11.6 Å². The second-order valence-corrected chi connectivity index (χ2v) is 4.14. The van der Waals surface area contributed by atoms with Gasteiger partial charge in [0, 0.05) is 0 Å². The molecule has 0 aliphatic carbocycles. The van der Waals surface area contributed by atoms with Crippen LogP contribution < -0.4 is 5.73 Å². The number of hydrogen-bond acceptors (Lipinski definition) is 4. The topological polar surface area (TPSA) is 52.0 Å². The van der Waals surface area contributed by atoms with E-state index in [1.807, 2.05) is 12.3 Å². The molecule has 3 nitrogen and oxygen atoms in total. The van der Waals surface area contributed by atoms with Crippen molar-refractivity contribution in [2.75, 3.05) is 0 Å². The third kappa shape index (κ3) is 1.56. The van der Waals surface area contributed by atoms with Crippen molar-refractivity contribution in [1.29, 1.82) is 0 Å². The van der Waals surface area contributed by atoms with Gasteiger partial charge in [0.05, 0.1) is 22.6 Å². The van der Waals surface area contributed by atoms with Crippen LogP contribution in [0.2, 0.25) is 5.02 Å². The van der Waals surface area contributed by atoms with Crippen molar-refractivity contribution in [2.45, 2.75) is 13.5 Å². The summed E-state index contributed by atoms with van der Waals surface area (Å²) in [5.41, 5.74) is 6.45. The molecule has 2 rings (SSSR count). The molecule has 0 atom stereocenters. The van der Waals surface area contributed by atoms with Crippen molar-refractivity contribution in [1.82, 2.24) is 4.98 Å². The molecule has 0 aromatic carbocycles.